The Kier molecular flexibility index (Phi) is 6.04. The standard InChI is InChI=1S/C14H16ClNO3/c1-4-11(5-2)19-14(17)16-10-7-8-13(18-6-3)12(15)9-10/h1,7-9,11H,5-6H2,2-3H3,(H,16,17). The molecule has 4 nitrogen and oxygen atoms in total. The highest BCUT2D eigenvalue weighted by molar-refractivity contribution is 6.32. The van der Waals surface area contributed by atoms with Crippen LogP contribution in [0.3, 0.4) is 0 Å². The average molecular weight is 282 g/mol. The van der Waals surface area contributed by atoms with E-state index in [1.54, 1.807) is 18.2 Å². The summed E-state index contributed by atoms with van der Waals surface area (Å²) in [6, 6.07) is 4.94. The predicted octanol–water partition coefficient (Wildman–Crippen LogP) is 3.70. The Morgan fingerprint density at radius 2 is 2.26 bits per heavy atom. The molecule has 0 aliphatic rings. The minimum Gasteiger partial charge on any atom is -0.492 e. The number of amides is 1. The highest BCUT2D eigenvalue weighted by Gasteiger charge is 2.10. The molecule has 1 N–H and O–H groups in total. The summed E-state index contributed by atoms with van der Waals surface area (Å²) in [6.07, 6.45) is 4.64. The molecule has 1 atom stereocenters. The number of terminal acetylenes is 1. The Labute approximate surface area is 118 Å². The third-order valence-electron chi connectivity index (χ3n) is 2.28. The summed E-state index contributed by atoms with van der Waals surface area (Å²) in [4.78, 5) is 11.6. The second-order valence-corrected chi connectivity index (χ2v) is 4.08. The molecule has 0 aliphatic carbocycles. The molecule has 1 amide bonds. The lowest BCUT2D eigenvalue weighted by Gasteiger charge is -2.12. The number of halogens is 1. The molecule has 1 aromatic rings. The zero-order valence-electron chi connectivity index (χ0n) is 10.9. The maximum absolute atomic E-state index is 11.6. The highest BCUT2D eigenvalue weighted by atomic mass is 35.5. The van der Waals surface area contributed by atoms with E-state index in [1.807, 2.05) is 13.8 Å². The van der Waals surface area contributed by atoms with Gasteiger partial charge in [-0.15, -0.1) is 6.42 Å². The number of nitrogens with one attached hydrogen (secondary N) is 1. The smallest absolute Gasteiger partial charge is 0.412 e. The van der Waals surface area contributed by atoms with E-state index in [-0.39, 0.29) is 0 Å². The molecule has 0 heterocycles. The van der Waals surface area contributed by atoms with Gasteiger partial charge in [-0.1, -0.05) is 24.4 Å². The highest BCUT2D eigenvalue weighted by Crippen LogP contribution is 2.27. The van der Waals surface area contributed by atoms with Crippen LogP contribution in [0.5, 0.6) is 5.75 Å². The van der Waals surface area contributed by atoms with Gasteiger partial charge in [-0.05, 0) is 31.5 Å². The van der Waals surface area contributed by atoms with Crippen LogP contribution in [0.4, 0.5) is 10.5 Å². The summed E-state index contributed by atoms with van der Waals surface area (Å²) in [5.41, 5.74) is 0.519. The summed E-state index contributed by atoms with van der Waals surface area (Å²) in [5, 5.41) is 2.97. The molecule has 1 aromatic carbocycles. The first-order chi connectivity index (χ1) is 9.10. The van der Waals surface area contributed by atoms with E-state index in [9.17, 15) is 4.79 Å². The molecule has 0 fully saturated rings. The SMILES string of the molecule is C#CC(CC)OC(=O)Nc1ccc(OCC)c(Cl)c1. The van der Waals surface area contributed by atoms with Crippen LogP contribution in [-0.2, 0) is 4.74 Å². The van der Waals surface area contributed by atoms with Gasteiger partial charge in [0.15, 0.2) is 6.10 Å². The maximum atomic E-state index is 11.6. The van der Waals surface area contributed by atoms with Gasteiger partial charge in [0.25, 0.3) is 0 Å². The number of benzene rings is 1. The van der Waals surface area contributed by atoms with Crippen LogP contribution in [0.2, 0.25) is 5.02 Å². The Hall–Kier alpha value is -1.86. The fourth-order valence-corrected chi connectivity index (χ4v) is 1.60. The van der Waals surface area contributed by atoms with E-state index in [0.717, 1.165) is 0 Å². The van der Waals surface area contributed by atoms with Crippen molar-refractivity contribution in [1.29, 1.82) is 0 Å². The van der Waals surface area contributed by atoms with Gasteiger partial charge in [0.1, 0.15) is 5.75 Å². The number of ether oxygens (including phenoxy) is 2. The van der Waals surface area contributed by atoms with Gasteiger partial charge in [0.2, 0.25) is 0 Å². The summed E-state index contributed by atoms with van der Waals surface area (Å²) < 4.78 is 10.3. The number of carbonyl (C=O) groups excluding carboxylic acids is 1. The van der Waals surface area contributed by atoms with Crippen molar-refractivity contribution in [2.45, 2.75) is 26.4 Å². The van der Waals surface area contributed by atoms with E-state index < -0.39 is 12.2 Å². The number of carbonyl (C=O) groups is 1. The molecule has 1 rings (SSSR count). The lowest BCUT2D eigenvalue weighted by Crippen LogP contribution is -2.20. The van der Waals surface area contributed by atoms with Crippen molar-refractivity contribution < 1.29 is 14.3 Å². The van der Waals surface area contributed by atoms with E-state index in [2.05, 4.69) is 11.2 Å². The van der Waals surface area contributed by atoms with E-state index in [4.69, 9.17) is 27.5 Å². The number of hydrogen-bond acceptors (Lipinski definition) is 3. The third-order valence-corrected chi connectivity index (χ3v) is 2.58. The second-order valence-electron chi connectivity index (χ2n) is 3.67. The average Bonchev–Trinajstić information content (AvgIpc) is 2.39. The van der Waals surface area contributed by atoms with E-state index >= 15 is 0 Å². The summed E-state index contributed by atoms with van der Waals surface area (Å²) in [6.45, 7) is 4.23. The van der Waals surface area contributed by atoms with Crippen LogP contribution < -0.4 is 10.1 Å². The molecule has 0 aliphatic heterocycles. The van der Waals surface area contributed by atoms with Crippen LogP contribution in [0, 0.1) is 12.3 Å². The van der Waals surface area contributed by atoms with Gasteiger partial charge in [0, 0.05) is 5.69 Å². The summed E-state index contributed by atoms with van der Waals surface area (Å²) in [7, 11) is 0. The zero-order chi connectivity index (χ0) is 14.3. The van der Waals surface area contributed by atoms with Crippen molar-refractivity contribution in [2.75, 3.05) is 11.9 Å². The van der Waals surface area contributed by atoms with Crippen molar-refractivity contribution in [2.24, 2.45) is 0 Å². The Morgan fingerprint density at radius 3 is 2.79 bits per heavy atom. The van der Waals surface area contributed by atoms with Crippen LogP contribution in [0.25, 0.3) is 0 Å². The Balaban J connectivity index is 2.65. The lowest BCUT2D eigenvalue weighted by atomic mass is 10.3. The van der Waals surface area contributed by atoms with Crippen molar-refractivity contribution in [1.82, 2.24) is 0 Å². The molecule has 0 aromatic heterocycles. The Morgan fingerprint density at radius 1 is 1.53 bits per heavy atom. The van der Waals surface area contributed by atoms with Gasteiger partial charge < -0.3 is 9.47 Å². The van der Waals surface area contributed by atoms with E-state index in [1.165, 1.54) is 0 Å². The molecule has 0 saturated carbocycles. The third kappa shape index (κ3) is 4.72. The van der Waals surface area contributed by atoms with Crippen molar-refractivity contribution in [3.63, 3.8) is 0 Å². The van der Waals surface area contributed by atoms with Crippen LogP contribution in [0.15, 0.2) is 18.2 Å². The summed E-state index contributed by atoms with van der Waals surface area (Å²) in [5.74, 6) is 2.94. The summed E-state index contributed by atoms with van der Waals surface area (Å²) >= 11 is 6.00. The largest absolute Gasteiger partial charge is 0.492 e. The minimum absolute atomic E-state index is 0.420. The number of hydrogen-bond donors (Lipinski definition) is 1. The molecule has 1 unspecified atom stereocenters. The molecule has 0 radical (unpaired) electrons. The van der Waals surface area contributed by atoms with Gasteiger partial charge >= 0.3 is 6.09 Å². The van der Waals surface area contributed by atoms with Crippen molar-refractivity contribution in [3.8, 4) is 18.1 Å². The predicted molar refractivity (Wildman–Crippen MR) is 75.6 cm³/mol. The molecular weight excluding hydrogens is 266 g/mol. The fraction of sp³-hybridized carbons (Fsp3) is 0.357. The second kappa shape index (κ2) is 7.55. The Bertz CT molecular complexity index is 482. The molecule has 0 saturated heterocycles. The molecule has 102 valence electrons. The zero-order valence-corrected chi connectivity index (χ0v) is 11.7. The van der Waals surface area contributed by atoms with Crippen molar-refractivity contribution in [3.05, 3.63) is 23.2 Å². The lowest BCUT2D eigenvalue weighted by molar-refractivity contribution is 0.136. The van der Waals surface area contributed by atoms with Crippen LogP contribution >= 0.6 is 11.6 Å². The van der Waals surface area contributed by atoms with E-state index in [0.29, 0.717) is 29.5 Å². The first-order valence-electron chi connectivity index (χ1n) is 5.96. The van der Waals surface area contributed by atoms with Crippen LogP contribution in [0.1, 0.15) is 20.3 Å². The maximum Gasteiger partial charge on any atom is 0.412 e. The normalized spacial score (nSPS) is 11.3. The molecule has 0 bridgehead atoms. The van der Waals surface area contributed by atoms with Crippen molar-refractivity contribution >= 4 is 23.4 Å². The first-order valence-corrected chi connectivity index (χ1v) is 6.34. The van der Waals surface area contributed by atoms with Gasteiger partial charge in [0.05, 0.1) is 11.6 Å². The number of anilines is 1. The van der Waals surface area contributed by atoms with Gasteiger partial charge in [-0.2, -0.15) is 0 Å². The topological polar surface area (TPSA) is 47.6 Å². The van der Waals surface area contributed by atoms with Gasteiger partial charge in [-0.3, -0.25) is 5.32 Å². The minimum atomic E-state index is -0.606. The number of rotatable bonds is 5. The monoisotopic (exact) mass is 281 g/mol. The molecule has 19 heavy (non-hydrogen) atoms. The molecular formula is C14H16ClNO3. The first kappa shape index (κ1) is 15.2. The van der Waals surface area contributed by atoms with Crippen LogP contribution in [-0.4, -0.2) is 18.8 Å². The fourth-order valence-electron chi connectivity index (χ4n) is 1.36. The van der Waals surface area contributed by atoms with Gasteiger partial charge in [-0.25, -0.2) is 4.79 Å². The molecule has 5 heteroatoms. The quantitative estimate of drug-likeness (QED) is 0.837. The molecule has 0 spiro atoms.